The highest BCUT2D eigenvalue weighted by molar-refractivity contribution is 4.83. The number of nitrogens with two attached hydrogens (primary N) is 1. The van der Waals surface area contributed by atoms with Crippen molar-refractivity contribution in [3.05, 3.63) is 0 Å². The number of fused-ring (bicyclic) bond motifs is 2. The van der Waals surface area contributed by atoms with E-state index in [4.69, 9.17) is 10.5 Å². The fourth-order valence-electron chi connectivity index (χ4n) is 2.29. The van der Waals surface area contributed by atoms with E-state index in [1.807, 2.05) is 0 Å². The smallest absolute Gasteiger partial charge is 0.0495 e. The Morgan fingerprint density at radius 3 is 2.20 bits per heavy atom. The molecule has 1 heterocycles. The average molecular weight is 141 g/mol. The molecule has 0 spiro atoms. The number of rotatable bonds is 0. The first-order valence-electron chi connectivity index (χ1n) is 4.18. The molecular formula is C8H15NO. The predicted octanol–water partition coefficient (Wildman–Crippen LogP) is 0.760. The fourth-order valence-corrected chi connectivity index (χ4v) is 2.29. The van der Waals surface area contributed by atoms with E-state index in [1.165, 1.54) is 19.3 Å². The molecule has 2 rings (SSSR count). The van der Waals surface area contributed by atoms with Crippen molar-refractivity contribution in [1.29, 1.82) is 0 Å². The Balaban J connectivity index is 1.98. The second-order valence-electron chi connectivity index (χ2n) is 3.74. The van der Waals surface area contributed by atoms with Gasteiger partial charge in [0.25, 0.3) is 0 Å². The van der Waals surface area contributed by atoms with Crippen molar-refractivity contribution in [2.24, 2.45) is 17.6 Å². The maximum Gasteiger partial charge on any atom is 0.0495 e. The topological polar surface area (TPSA) is 35.2 Å². The van der Waals surface area contributed by atoms with Crippen LogP contribution in [0, 0.1) is 11.8 Å². The molecule has 2 bridgehead atoms. The summed E-state index contributed by atoms with van der Waals surface area (Å²) < 4.78 is 5.43. The van der Waals surface area contributed by atoms with Gasteiger partial charge in [-0.15, -0.1) is 0 Å². The highest BCUT2D eigenvalue weighted by Gasteiger charge is 2.30. The number of ether oxygens (including phenoxy) is 1. The lowest BCUT2D eigenvalue weighted by atomic mass is 9.78. The average Bonchev–Trinajstić information content (AvgIpc) is 1.85. The van der Waals surface area contributed by atoms with E-state index in [0.29, 0.717) is 6.04 Å². The SMILES string of the molecule is NC1C[C@H]2COC[C@@H](C1)C2. The molecule has 1 aliphatic heterocycles. The van der Waals surface area contributed by atoms with Crippen molar-refractivity contribution < 1.29 is 4.74 Å². The van der Waals surface area contributed by atoms with E-state index >= 15 is 0 Å². The Kier molecular flexibility index (Phi) is 1.66. The summed E-state index contributed by atoms with van der Waals surface area (Å²) in [4.78, 5) is 0. The van der Waals surface area contributed by atoms with Gasteiger partial charge in [0.2, 0.25) is 0 Å². The van der Waals surface area contributed by atoms with Gasteiger partial charge in [0.05, 0.1) is 0 Å². The Morgan fingerprint density at radius 2 is 1.60 bits per heavy atom. The molecule has 10 heavy (non-hydrogen) atoms. The van der Waals surface area contributed by atoms with Crippen LogP contribution in [-0.4, -0.2) is 19.3 Å². The molecule has 2 fully saturated rings. The summed E-state index contributed by atoms with van der Waals surface area (Å²) in [5, 5.41) is 0. The zero-order chi connectivity index (χ0) is 6.97. The van der Waals surface area contributed by atoms with Gasteiger partial charge in [0.15, 0.2) is 0 Å². The minimum Gasteiger partial charge on any atom is -0.381 e. The van der Waals surface area contributed by atoms with Crippen molar-refractivity contribution in [2.75, 3.05) is 13.2 Å². The van der Waals surface area contributed by atoms with Gasteiger partial charge in [-0.3, -0.25) is 0 Å². The van der Waals surface area contributed by atoms with Gasteiger partial charge in [-0.25, -0.2) is 0 Å². The van der Waals surface area contributed by atoms with Crippen LogP contribution in [0.25, 0.3) is 0 Å². The van der Waals surface area contributed by atoms with Gasteiger partial charge >= 0.3 is 0 Å². The lowest BCUT2D eigenvalue weighted by molar-refractivity contribution is -0.0150. The first-order chi connectivity index (χ1) is 4.84. The third-order valence-electron chi connectivity index (χ3n) is 2.65. The zero-order valence-corrected chi connectivity index (χ0v) is 6.25. The van der Waals surface area contributed by atoms with E-state index in [9.17, 15) is 0 Å². The van der Waals surface area contributed by atoms with Crippen molar-refractivity contribution >= 4 is 0 Å². The Bertz CT molecular complexity index is 110. The van der Waals surface area contributed by atoms with Crippen molar-refractivity contribution in [2.45, 2.75) is 25.3 Å². The van der Waals surface area contributed by atoms with Crippen LogP contribution in [0.1, 0.15) is 19.3 Å². The Morgan fingerprint density at radius 1 is 1.00 bits per heavy atom. The fraction of sp³-hybridized carbons (Fsp3) is 1.00. The van der Waals surface area contributed by atoms with Gasteiger partial charge in [0.1, 0.15) is 0 Å². The molecule has 0 aromatic rings. The normalized spacial score (nSPS) is 47.1. The second-order valence-corrected chi connectivity index (χ2v) is 3.74. The molecule has 2 heteroatoms. The largest absolute Gasteiger partial charge is 0.381 e. The summed E-state index contributed by atoms with van der Waals surface area (Å²) in [7, 11) is 0. The van der Waals surface area contributed by atoms with Crippen LogP contribution in [-0.2, 0) is 4.74 Å². The standard InChI is InChI=1S/C8H15NO/c9-8-2-6-1-7(3-8)5-10-4-6/h6-8H,1-5,9H2/t6-,7+,8?. The van der Waals surface area contributed by atoms with E-state index < -0.39 is 0 Å². The molecule has 2 aliphatic rings. The monoisotopic (exact) mass is 141 g/mol. The molecule has 1 unspecified atom stereocenters. The van der Waals surface area contributed by atoms with Crippen LogP contribution in [0.3, 0.4) is 0 Å². The second kappa shape index (κ2) is 2.51. The molecule has 0 radical (unpaired) electrons. The highest BCUT2D eigenvalue weighted by Crippen LogP contribution is 2.32. The molecule has 0 aromatic carbocycles. The van der Waals surface area contributed by atoms with E-state index in [2.05, 4.69) is 0 Å². The van der Waals surface area contributed by atoms with Crippen LogP contribution in [0.2, 0.25) is 0 Å². The third-order valence-corrected chi connectivity index (χ3v) is 2.65. The number of hydrogen-bond acceptors (Lipinski definition) is 2. The summed E-state index contributed by atoms with van der Waals surface area (Å²) in [5.41, 5.74) is 5.87. The predicted molar refractivity (Wildman–Crippen MR) is 39.6 cm³/mol. The summed E-state index contributed by atoms with van der Waals surface area (Å²) in [6, 6.07) is 0.465. The van der Waals surface area contributed by atoms with Gasteiger partial charge in [-0.1, -0.05) is 0 Å². The minimum atomic E-state index is 0.465. The van der Waals surface area contributed by atoms with Gasteiger partial charge in [0, 0.05) is 19.3 Å². The van der Waals surface area contributed by atoms with Gasteiger partial charge < -0.3 is 10.5 Å². The molecule has 0 aromatic heterocycles. The summed E-state index contributed by atoms with van der Waals surface area (Å²) in [5.74, 6) is 1.56. The maximum atomic E-state index is 5.87. The molecule has 1 saturated carbocycles. The molecule has 2 nitrogen and oxygen atoms in total. The molecule has 1 aliphatic carbocycles. The lowest BCUT2D eigenvalue weighted by Gasteiger charge is -2.37. The third kappa shape index (κ3) is 1.18. The van der Waals surface area contributed by atoms with Gasteiger partial charge in [-0.05, 0) is 31.1 Å². The van der Waals surface area contributed by atoms with Crippen LogP contribution >= 0.6 is 0 Å². The van der Waals surface area contributed by atoms with Crippen LogP contribution < -0.4 is 5.73 Å². The highest BCUT2D eigenvalue weighted by atomic mass is 16.5. The van der Waals surface area contributed by atoms with Crippen molar-refractivity contribution in [3.8, 4) is 0 Å². The Hall–Kier alpha value is -0.0800. The number of hydrogen-bond donors (Lipinski definition) is 1. The first-order valence-corrected chi connectivity index (χ1v) is 4.18. The maximum absolute atomic E-state index is 5.87. The molecule has 0 amide bonds. The quantitative estimate of drug-likeness (QED) is 0.540. The van der Waals surface area contributed by atoms with Crippen molar-refractivity contribution in [3.63, 3.8) is 0 Å². The molecule has 2 N–H and O–H groups in total. The minimum absolute atomic E-state index is 0.465. The van der Waals surface area contributed by atoms with E-state index in [1.54, 1.807) is 0 Å². The summed E-state index contributed by atoms with van der Waals surface area (Å²) >= 11 is 0. The summed E-state index contributed by atoms with van der Waals surface area (Å²) in [6.45, 7) is 1.93. The first kappa shape index (κ1) is 6.62. The molecule has 58 valence electrons. The molecule has 3 atom stereocenters. The van der Waals surface area contributed by atoms with Gasteiger partial charge in [-0.2, -0.15) is 0 Å². The Labute approximate surface area is 61.7 Å². The summed E-state index contributed by atoms with van der Waals surface area (Å²) in [6.07, 6.45) is 3.75. The van der Waals surface area contributed by atoms with Crippen LogP contribution in [0.15, 0.2) is 0 Å². The van der Waals surface area contributed by atoms with Crippen LogP contribution in [0.4, 0.5) is 0 Å². The lowest BCUT2D eigenvalue weighted by Crippen LogP contribution is -2.39. The molecule has 1 saturated heterocycles. The molecular weight excluding hydrogens is 126 g/mol. The van der Waals surface area contributed by atoms with Crippen molar-refractivity contribution in [1.82, 2.24) is 0 Å². The van der Waals surface area contributed by atoms with E-state index in [-0.39, 0.29) is 0 Å². The van der Waals surface area contributed by atoms with E-state index in [0.717, 1.165) is 25.0 Å². The zero-order valence-electron chi connectivity index (χ0n) is 6.25. The van der Waals surface area contributed by atoms with Crippen LogP contribution in [0.5, 0.6) is 0 Å².